The van der Waals surface area contributed by atoms with Gasteiger partial charge in [0.2, 0.25) is 11.8 Å². The van der Waals surface area contributed by atoms with Gasteiger partial charge in [0.15, 0.2) is 0 Å². The van der Waals surface area contributed by atoms with E-state index in [0.717, 1.165) is 27.6 Å². The number of para-hydroxylation sites is 1. The van der Waals surface area contributed by atoms with Crippen LogP contribution in [0, 0.1) is 6.92 Å². The molecule has 0 saturated carbocycles. The Bertz CT molecular complexity index is 1200. The summed E-state index contributed by atoms with van der Waals surface area (Å²) in [4.78, 5) is 41.4. The highest BCUT2D eigenvalue weighted by atomic mass is 16.2. The quantitative estimate of drug-likeness (QED) is 0.613. The number of carbonyl (C=O) groups is 3. The zero-order chi connectivity index (χ0) is 24.1. The Kier molecular flexibility index (Phi) is 7.11. The Balaban J connectivity index is 1.41. The third-order valence-corrected chi connectivity index (χ3v) is 6.24. The summed E-state index contributed by atoms with van der Waals surface area (Å²) in [7, 11) is 0. The Hall–Kier alpha value is -3.87. The number of urea groups is 1. The van der Waals surface area contributed by atoms with E-state index in [9.17, 15) is 14.4 Å². The van der Waals surface area contributed by atoms with Gasteiger partial charge in [0.25, 0.3) is 0 Å². The van der Waals surface area contributed by atoms with E-state index in [0.29, 0.717) is 32.6 Å². The summed E-state index contributed by atoms with van der Waals surface area (Å²) in [5.74, 6) is -0.364. The molecule has 1 aliphatic rings. The van der Waals surface area contributed by atoms with Crippen molar-refractivity contribution < 1.29 is 14.4 Å². The lowest BCUT2D eigenvalue weighted by Crippen LogP contribution is -2.56. The fraction of sp³-hybridized carbons (Fsp3) is 0.296. The van der Waals surface area contributed by atoms with Crippen LogP contribution in [0.5, 0.6) is 0 Å². The zero-order valence-corrected chi connectivity index (χ0v) is 19.6. The molecule has 3 aromatic rings. The molecule has 7 nitrogen and oxygen atoms in total. The predicted octanol–water partition coefficient (Wildman–Crippen LogP) is 3.57. The minimum Gasteiger partial charge on any atom is -0.344 e. The fourth-order valence-corrected chi connectivity index (χ4v) is 4.39. The molecular formula is C27H30N4O3. The number of hydrogen-bond donors (Lipinski definition) is 2. The van der Waals surface area contributed by atoms with Crippen LogP contribution in [0.25, 0.3) is 10.8 Å². The van der Waals surface area contributed by atoms with E-state index < -0.39 is 6.04 Å². The van der Waals surface area contributed by atoms with Crippen molar-refractivity contribution in [1.82, 2.24) is 15.1 Å². The van der Waals surface area contributed by atoms with Gasteiger partial charge < -0.3 is 20.4 Å². The topological polar surface area (TPSA) is 81.8 Å². The molecule has 7 heteroatoms. The number of fused-ring (bicyclic) bond motifs is 1. The van der Waals surface area contributed by atoms with E-state index in [1.807, 2.05) is 73.7 Å². The standard InChI is InChI=1S/C27H30N4O3/c1-19-8-3-6-13-24(19)29-27(34)31-16-14-30(15-17-31)26(33)25(28-20(2)32)18-22-11-7-10-21-9-4-5-12-23(21)22/h3-13,25H,14-18H2,1-2H3,(H,28,32)(H,29,34). The molecule has 0 spiro atoms. The number of aryl methyl sites for hydroxylation is 1. The molecule has 3 aromatic carbocycles. The van der Waals surface area contributed by atoms with Crippen molar-refractivity contribution >= 4 is 34.3 Å². The minimum absolute atomic E-state index is 0.123. The first-order valence-corrected chi connectivity index (χ1v) is 11.6. The molecule has 0 aromatic heterocycles. The van der Waals surface area contributed by atoms with E-state index in [4.69, 9.17) is 0 Å². The van der Waals surface area contributed by atoms with E-state index in [-0.39, 0.29) is 17.8 Å². The molecule has 1 heterocycles. The molecule has 1 saturated heterocycles. The molecule has 1 aliphatic heterocycles. The van der Waals surface area contributed by atoms with Gasteiger partial charge in [0.05, 0.1) is 0 Å². The molecule has 4 amide bonds. The Labute approximate surface area is 199 Å². The van der Waals surface area contributed by atoms with E-state index in [2.05, 4.69) is 10.6 Å². The number of benzene rings is 3. The molecule has 1 fully saturated rings. The Morgan fingerprint density at radius 3 is 2.24 bits per heavy atom. The number of anilines is 1. The highest BCUT2D eigenvalue weighted by Gasteiger charge is 2.30. The van der Waals surface area contributed by atoms with Crippen LogP contribution in [-0.4, -0.2) is 59.9 Å². The first-order valence-electron chi connectivity index (χ1n) is 11.6. The van der Waals surface area contributed by atoms with E-state index >= 15 is 0 Å². The van der Waals surface area contributed by atoms with Gasteiger partial charge in [-0.3, -0.25) is 9.59 Å². The van der Waals surface area contributed by atoms with Crippen LogP contribution < -0.4 is 10.6 Å². The van der Waals surface area contributed by atoms with Crippen molar-refractivity contribution in [3.05, 3.63) is 77.9 Å². The van der Waals surface area contributed by atoms with E-state index in [1.54, 1.807) is 9.80 Å². The number of carbonyl (C=O) groups excluding carboxylic acids is 3. The molecular weight excluding hydrogens is 428 g/mol. The molecule has 0 bridgehead atoms. The highest BCUT2D eigenvalue weighted by molar-refractivity contribution is 5.91. The van der Waals surface area contributed by atoms with E-state index in [1.165, 1.54) is 6.92 Å². The van der Waals surface area contributed by atoms with Crippen LogP contribution in [0.3, 0.4) is 0 Å². The van der Waals surface area contributed by atoms with Crippen LogP contribution in [0.4, 0.5) is 10.5 Å². The lowest BCUT2D eigenvalue weighted by Gasteiger charge is -2.36. The molecule has 1 unspecified atom stereocenters. The number of amides is 4. The van der Waals surface area contributed by atoms with Crippen molar-refractivity contribution in [2.75, 3.05) is 31.5 Å². The summed E-state index contributed by atoms with van der Waals surface area (Å²) >= 11 is 0. The van der Waals surface area contributed by atoms with Crippen molar-refractivity contribution in [3.8, 4) is 0 Å². The minimum atomic E-state index is -0.657. The van der Waals surface area contributed by atoms with Crippen molar-refractivity contribution in [3.63, 3.8) is 0 Å². The summed E-state index contributed by atoms with van der Waals surface area (Å²) in [6.07, 6.45) is 0.410. The Morgan fingerprint density at radius 1 is 0.853 bits per heavy atom. The largest absolute Gasteiger partial charge is 0.344 e. The second kappa shape index (κ2) is 10.4. The van der Waals surface area contributed by atoms with Crippen LogP contribution >= 0.6 is 0 Å². The van der Waals surface area contributed by atoms with Gasteiger partial charge in [-0.25, -0.2) is 4.79 Å². The molecule has 0 aliphatic carbocycles. The lowest BCUT2D eigenvalue weighted by atomic mass is 9.98. The third-order valence-electron chi connectivity index (χ3n) is 6.24. The van der Waals surface area contributed by atoms with Crippen LogP contribution in [0.15, 0.2) is 66.7 Å². The van der Waals surface area contributed by atoms with Gasteiger partial charge in [0, 0.05) is 45.2 Å². The molecule has 2 N–H and O–H groups in total. The van der Waals surface area contributed by atoms with Gasteiger partial charge in [0.1, 0.15) is 6.04 Å². The van der Waals surface area contributed by atoms with Crippen LogP contribution in [0.2, 0.25) is 0 Å². The smallest absolute Gasteiger partial charge is 0.321 e. The summed E-state index contributed by atoms with van der Waals surface area (Å²) in [6.45, 7) is 5.09. The summed E-state index contributed by atoms with van der Waals surface area (Å²) in [5.41, 5.74) is 2.80. The van der Waals surface area contributed by atoms with Gasteiger partial charge in [-0.05, 0) is 34.9 Å². The molecule has 4 rings (SSSR count). The maximum absolute atomic E-state index is 13.4. The number of piperazine rings is 1. The lowest BCUT2D eigenvalue weighted by molar-refractivity contribution is -0.137. The molecule has 0 radical (unpaired) electrons. The highest BCUT2D eigenvalue weighted by Crippen LogP contribution is 2.21. The summed E-state index contributed by atoms with van der Waals surface area (Å²) < 4.78 is 0. The predicted molar refractivity (Wildman–Crippen MR) is 134 cm³/mol. The van der Waals surface area contributed by atoms with Crippen molar-refractivity contribution in [1.29, 1.82) is 0 Å². The average Bonchev–Trinajstić information content (AvgIpc) is 2.84. The average molecular weight is 459 g/mol. The van der Waals surface area contributed by atoms with Gasteiger partial charge in [-0.1, -0.05) is 60.7 Å². The third kappa shape index (κ3) is 5.36. The van der Waals surface area contributed by atoms with Crippen molar-refractivity contribution in [2.24, 2.45) is 0 Å². The molecule has 176 valence electrons. The number of rotatable bonds is 5. The normalized spacial score (nSPS) is 14.5. The maximum Gasteiger partial charge on any atom is 0.321 e. The van der Waals surface area contributed by atoms with Gasteiger partial charge >= 0.3 is 6.03 Å². The van der Waals surface area contributed by atoms with Gasteiger partial charge in [-0.15, -0.1) is 0 Å². The van der Waals surface area contributed by atoms with Crippen LogP contribution in [-0.2, 0) is 16.0 Å². The number of nitrogens with zero attached hydrogens (tertiary/aromatic N) is 2. The maximum atomic E-state index is 13.4. The second-order valence-corrected chi connectivity index (χ2v) is 8.65. The summed E-state index contributed by atoms with van der Waals surface area (Å²) in [5, 5.41) is 7.96. The second-order valence-electron chi connectivity index (χ2n) is 8.65. The number of hydrogen-bond acceptors (Lipinski definition) is 3. The first kappa shape index (κ1) is 23.3. The van der Waals surface area contributed by atoms with Gasteiger partial charge in [-0.2, -0.15) is 0 Å². The first-order chi connectivity index (χ1) is 16.4. The number of nitrogens with one attached hydrogen (secondary N) is 2. The van der Waals surface area contributed by atoms with Crippen LogP contribution in [0.1, 0.15) is 18.1 Å². The fourth-order valence-electron chi connectivity index (χ4n) is 4.39. The Morgan fingerprint density at radius 2 is 1.50 bits per heavy atom. The molecule has 1 atom stereocenters. The SMILES string of the molecule is CC(=O)NC(Cc1cccc2ccccc12)C(=O)N1CCN(C(=O)Nc2ccccc2C)CC1. The monoisotopic (exact) mass is 458 g/mol. The van der Waals surface area contributed by atoms with Crippen molar-refractivity contribution in [2.45, 2.75) is 26.3 Å². The summed E-state index contributed by atoms with van der Waals surface area (Å²) in [6, 6.07) is 20.8. The zero-order valence-electron chi connectivity index (χ0n) is 19.6. The molecule has 34 heavy (non-hydrogen) atoms.